The summed E-state index contributed by atoms with van der Waals surface area (Å²) in [4.78, 5) is 2.67. The molecular formula is C57H53BN2O. The van der Waals surface area contributed by atoms with Crippen LogP contribution in [0, 0.1) is 0 Å². The highest BCUT2D eigenvalue weighted by Crippen LogP contribution is 2.57. The van der Waals surface area contributed by atoms with E-state index in [1.54, 1.807) is 0 Å². The average molecular weight is 793 g/mol. The Hall–Kier alpha value is -6.00. The van der Waals surface area contributed by atoms with Gasteiger partial charge in [-0.15, -0.1) is 0 Å². The van der Waals surface area contributed by atoms with E-state index in [-0.39, 0.29) is 28.5 Å². The minimum atomic E-state index is -0.138. The first-order valence-electron chi connectivity index (χ1n) is 22.2. The van der Waals surface area contributed by atoms with Crippen molar-refractivity contribution in [2.45, 2.75) is 97.8 Å². The van der Waals surface area contributed by atoms with Gasteiger partial charge in [-0.05, 0) is 109 Å². The van der Waals surface area contributed by atoms with Crippen LogP contribution in [0.3, 0.4) is 0 Å². The Bertz CT molecular complexity index is 3390. The monoisotopic (exact) mass is 792 g/mol. The lowest BCUT2D eigenvalue weighted by Gasteiger charge is -2.43. The third-order valence-corrected chi connectivity index (χ3v) is 14.6. The summed E-state index contributed by atoms with van der Waals surface area (Å²) in [5, 5.41) is 5.01. The fraction of sp³-hybridized carbons (Fsp3) is 0.263. The summed E-state index contributed by atoms with van der Waals surface area (Å²) in [5.41, 5.74) is 22.5. The maximum absolute atomic E-state index is 7.33. The van der Waals surface area contributed by atoms with Gasteiger partial charge in [-0.3, -0.25) is 0 Å². The zero-order valence-corrected chi connectivity index (χ0v) is 37.4. The molecular weight excluding hydrogens is 739 g/mol. The summed E-state index contributed by atoms with van der Waals surface area (Å²) < 4.78 is 9.98. The SMILES string of the molecule is CC(C)(C)c1ccc(N2B3c4cc(C(C)(C)C)ccc4-n4c5ccc6c(c5c5c7c(oc8ccccc87)c(c3c54)-c3cc(C(C)(C)C)ccc32)-c2ccccc2C6(C)C)cc1. The smallest absolute Gasteiger partial charge is 0.333 e. The predicted octanol–water partition coefficient (Wildman–Crippen LogP) is 14.1. The van der Waals surface area contributed by atoms with Crippen molar-refractivity contribution in [3.8, 4) is 27.9 Å². The van der Waals surface area contributed by atoms with Gasteiger partial charge in [0.25, 0.3) is 0 Å². The van der Waals surface area contributed by atoms with E-state index in [2.05, 4.69) is 207 Å². The molecule has 4 heteroatoms. The second-order valence-corrected chi connectivity index (χ2v) is 21.8. The molecule has 2 aromatic heterocycles. The van der Waals surface area contributed by atoms with Crippen molar-refractivity contribution in [3.05, 3.63) is 149 Å². The largest absolute Gasteiger partial charge is 0.455 e. The number of furan rings is 1. The van der Waals surface area contributed by atoms with Crippen LogP contribution in [0.25, 0.3) is 71.7 Å². The van der Waals surface area contributed by atoms with Crippen molar-refractivity contribution in [3.63, 3.8) is 0 Å². The molecule has 0 unspecified atom stereocenters. The van der Waals surface area contributed by atoms with Gasteiger partial charge in [0.05, 0.1) is 11.0 Å². The van der Waals surface area contributed by atoms with Crippen molar-refractivity contribution >= 4 is 72.9 Å². The van der Waals surface area contributed by atoms with Crippen molar-refractivity contribution in [1.29, 1.82) is 0 Å². The van der Waals surface area contributed by atoms with E-state index in [0.717, 1.165) is 11.2 Å². The first kappa shape index (κ1) is 36.8. The van der Waals surface area contributed by atoms with Gasteiger partial charge in [0.15, 0.2) is 0 Å². The Balaban J connectivity index is 1.35. The van der Waals surface area contributed by atoms with Gasteiger partial charge in [-0.1, -0.05) is 155 Å². The minimum Gasteiger partial charge on any atom is -0.455 e. The first-order chi connectivity index (χ1) is 28.9. The number of para-hydroxylation sites is 1. The lowest BCUT2D eigenvalue weighted by Crippen LogP contribution is -2.60. The van der Waals surface area contributed by atoms with Crippen LogP contribution in [-0.2, 0) is 21.7 Å². The summed E-state index contributed by atoms with van der Waals surface area (Å²) in [5.74, 6) is 0. The van der Waals surface area contributed by atoms with Crippen LogP contribution >= 0.6 is 0 Å². The van der Waals surface area contributed by atoms with Crippen LogP contribution in [0.4, 0.5) is 11.4 Å². The van der Waals surface area contributed by atoms with Gasteiger partial charge in [0, 0.05) is 55.1 Å². The molecule has 9 aromatic rings. The molecule has 0 saturated heterocycles. The number of benzene rings is 7. The Morgan fingerprint density at radius 3 is 1.90 bits per heavy atom. The molecule has 7 aromatic carbocycles. The van der Waals surface area contributed by atoms with E-state index < -0.39 is 0 Å². The van der Waals surface area contributed by atoms with Crippen LogP contribution in [0.15, 0.2) is 126 Å². The third kappa shape index (κ3) is 4.77. The number of hydrogen-bond donors (Lipinski definition) is 0. The lowest BCUT2D eigenvalue weighted by molar-refractivity contribution is 0.590. The Kier molecular flexibility index (Phi) is 7.05. The molecule has 3 nitrogen and oxygen atoms in total. The number of fused-ring (bicyclic) bond motifs is 17. The van der Waals surface area contributed by atoms with E-state index in [4.69, 9.17) is 4.42 Å². The highest BCUT2D eigenvalue weighted by atomic mass is 16.3. The highest BCUT2D eigenvalue weighted by Gasteiger charge is 2.48. The van der Waals surface area contributed by atoms with Crippen molar-refractivity contribution in [2.24, 2.45) is 0 Å². The number of aromatic nitrogens is 1. The zero-order valence-electron chi connectivity index (χ0n) is 37.4. The molecule has 61 heavy (non-hydrogen) atoms. The molecule has 0 saturated carbocycles. The summed E-state index contributed by atoms with van der Waals surface area (Å²) in [6, 6.07) is 46.8. The second kappa shape index (κ2) is 11.7. The van der Waals surface area contributed by atoms with Gasteiger partial charge >= 0.3 is 6.85 Å². The van der Waals surface area contributed by atoms with Crippen LogP contribution in [-0.4, -0.2) is 11.4 Å². The van der Waals surface area contributed by atoms with Crippen LogP contribution in [0.5, 0.6) is 0 Å². The van der Waals surface area contributed by atoms with Crippen molar-refractivity contribution in [2.75, 3.05) is 4.81 Å². The van der Waals surface area contributed by atoms with Gasteiger partial charge in [-0.2, -0.15) is 0 Å². The summed E-state index contributed by atoms with van der Waals surface area (Å²) in [6.07, 6.45) is 0. The molecule has 300 valence electrons. The average Bonchev–Trinajstić information content (AvgIpc) is 3.85. The van der Waals surface area contributed by atoms with E-state index in [1.807, 2.05) is 0 Å². The maximum atomic E-state index is 7.33. The zero-order chi connectivity index (χ0) is 42.3. The second-order valence-electron chi connectivity index (χ2n) is 21.8. The Morgan fingerprint density at radius 2 is 1.18 bits per heavy atom. The fourth-order valence-electron chi connectivity index (χ4n) is 11.4. The fourth-order valence-corrected chi connectivity index (χ4v) is 11.4. The molecule has 12 rings (SSSR count). The molecule has 1 aliphatic carbocycles. The molecule has 0 fully saturated rings. The molecule has 0 N–H and O–H groups in total. The van der Waals surface area contributed by atoms with E-state index in [1.165, 1.54) is 111 Å². The number of anilines is 2. The number of hydrogen-bond acceptors (Lipinski definition) is 2. The summed E-state index contributed by atoms with van der Waals surface area (Å²) in [6.45, 7) is 25.6. The van der Waals surface area contributed by atoms with Gasteiger partial charge < -0.3 is 13.8 Å². The molecule has 0 bridgehead atoms. The van der Waals surface area contributed by atoms with E-state index in [0.29, 0.717) is 0 Å². The quantitative estimate of drug-likeness (QED) is 0.154. The molecule has 0 spiro atoms. The topological polar surface area (TPSA) is 21.3 Å². The Morgan fingerprint density at radius 1 is 0.541 bits per heavy atom. The maximum Gasteiger partial charge on any atom is 0.333 e. The van der Waals surface area contributed by atoms with Crippen molar-refractivity contribution < 1.29 is 4.42 Å². The normalized spacial score (nSPS) is 15.2. The minimum absolute atomic E-state index is 0.0407. The molecule has 0 atom stereocenters. The molecule has 2 aliphatic heterocycles. The van der Waals surface area contributed by atoms with Gasteiger partial charge in [0.2, 0.25) is 0 Å². The summed E-state index contributed by atoms with van der Waals surface area (Å²) >= 11 is 0. The predicted molar refractivity (Wildman–Crippen MR) is 261 cm³/mol. The molecule has 3 aliphatic rings. The third-order valence-electron chi connectivity index (χ3n) is 14.6. The lowest BCUT2D eigenvalue weighted by atomic mass is 9.43. The number of nitrogens with zero attached hydrogens (tertiary/aromatic N) is 2. The van der Waals surface area contributed by atoms with Crippen LogP contribution in [0.2, 0.25) is 0 Å². The van der Waals surface area contributed by atoms with Gasteiger partial charge in [-0.25, -0.2) is 0 Å². The Labute approximate surface area is 360 Å². The van der Waals surface area contributed by atoms with E-state index in [9.17, 15) is 0 Å². The van der Waals surface area contributed by atoms with Crippen molar-refractivity contribution in [1.82, 2.24) is 4.57 Å². The standard InChI is InChI=1S/C57H53BN2O/c1-54(2,3)32-20-24-35(25-21-32)60-42-27-22-33(55(4,5)6)30-38(42)48-51-52-50(47-37-17-13-15-19-45(37)61-53(47)48)49-44(29-26-40-46(49)36-16-12-14-18-39(36)57(40,10)11)59(52)43-28-23-34(56(7,8)9)31-41(43)58(51)60/h12-31H,1-11H3. The highest BCUT2D eigenvalue weighted by molar-refractivity contribution is 6.94. The molecule has 4 heterocycles. The van der Waals surface area contributed by atoms with Crippen LogP contribution in [0.1, 0.15) is 104 Å². The summed E-state index contributed by atoms with van der Waals surface area (Å²) in [7, 11) is 0. The molecule has 0 amide bonds. The van der Waals surface area contributed by atoms with E-state index >= 15 is 0 Å². The first-order valence-corrected chi connectivity index (χ1v) is 22.2. The van der Waals surface area contributed by atoms with Gasteiger partial charge in [0.1, 0.15) is 11.2 Å². The van der Waals surface area contributed by atoms with Crippen LogP contribution < -0.4 is 15.7 Å². The number of rotatable bonds is 1. The molecule has 0 radical (unpaired) electrons.